The van der Waals surface area contributed by atoms with Crippen molar-refractivity contribution in [1.29, 1.82) is 0 Å². The number of hydrogen-bond donors (Lipinski definition) is 1. The Morgan fingerprint density at radius 3 is 2.43 bits per heavy atom. The molecule has 5 heteroatoms. The summed E-state index contributed by atoms with van der Waals surface area (Å²) in [5, 5.41) is 3.01. The minimum absolute atomic E-state index is 0.0213. The first-order valence-corrected chi connectivity index (χ1v) is 10.0. The minimum Gasteiger partial charge on any atom is -0.348 e. The number of benzene rings is 1. The number of aromatic nitrogens is 1. The maximum atomic E-state index is 12.8. The van der Waals surface area contributed by atoms with Gasteiger partial charge in [-0.15, -0.1) is 0 Å². The van der Waals surface area contributed by atoms with E-state index in [1.807, 2.05) is 68.1 Å². The molecule has 2 heterocycles. The molecule has 0 spiro atoms. The van der Waals surface area contributed by atoms with Gasteiger partial charge in [-0.2, -0.15) is 0 Å². The van der Waals surface area contributed by atoms with Gasteiger partial charge in [0.2, 0.25) is 5.91 Å². The molecule has 1 saturated heterocycles. The molecule has 1 fully saturated rings. The smallest absolute Gasteiger partial charge is 0.253 e. The van der Waals surface area contributed by atoms with Crippen LogP contribution in [0.25, 0.3) is 0 Å². The van der Waals surface area contributed by atoms with Crippen LogP contribution in [0.4, 0.5) is 0 Å². The van der Waals surface area contributed by atoms with Crippen LogP contribution in [0.15, 0.2) is 42.5 Å². The van der Waals surface area contributed by atoms with E-state index in [-0.39, 0.29) is 23.7 Å². The molecule has 0 atom stereocenters. The van der Waals surface area contributed by atoms with Gasteiger partial charge >= 0.3 is 0 Å². The number of hydrogen-bond acceptors (Lipinski definition) is 3. The molecule has 0 aliphatic carbocycles. The van der Waals surface area contributed by atoms with Gasteiger partial charge in [0, 0.05) is 37.2 Å². The van der Waals surface area contributed by atoms with Gasteiger partial charge in [-0.3, -0.25) is 14.6 Å². The van der Waals surface area contributed by atoms with Crippen molar-refractivity contribution in [2.45, 2.75) is 46.1 Å². The molecule has 0 radical (unpaired) electrons. The van der Waals surface area contributed by atoms with Crippen LogP contribution in [0.2, 0.25) is 0 Å². The van der Waals surface area contributed by atoms with Crippen molar-refractivity contribution in [1.82, 2.24) is 15.2 Å². The molecule has 1 aliphatic rings. The molecule has 5 nitrogen and oxygen atoms in total. The van der Waals surface area contributed by atoms with E-state index < -0.39 is 0 Å². The molecular formula is C23H29N3O2. The number of pyridine rings is 1. The summed E-state index contributed by atoms with van der Waals surface area (Å²) in [4.78, 5) is 31.7. The van der Waals surface area contributed by atoms with Gasteiger partial charge in [-0.1, -0.05) is 44.2 Å². The van der Waals surface area contributed by atoms with Crippen molar-refractivity contribution in [2.24, 2.45) is 5.92 Å². The highest BCUT2D eigenvalue weighted by molar-refractivity contribution is 5.95. The van der Waals surface area contributed by atoms with Gasteiger partial charge in [0.1, 0.15) is 0 Å². The normalized spacial score (nSPS) is 14.9. The van der Waals surface area contributed by atoms with Crippen molar-refractivity contribution in [3.63, 3.8) is 0 Å². The lowest BCUT2D eigenvalue weighted by Gasteiger charge is -2.33. The largest absolute Gasteiger partial charge is 0.348 e. The number of amides is 2. The van der Waals surface area contributed by atoms with Crippen LogP contribution >= 0.6 is 0 Å². The number of carbonyl (C=O) groups is 2. The second-order valence-corrected chi connectivity index (χ2v) is 7.81. The quantitative estimate of drug-likeness (QED) is 0.862. The third kappa shape index (κ3) is 4.77. The summed E-state index contributed by atoms with van der Waals surface area (Å²) in [6.07, 6.45) is 1.68. The summed E-state index contributed by atoms with van der Waals surface area (Å²) in [7, 11) is 0. The van der Waals surface area contributed by atoms with Gasteiger partial charge < -0.3 is 10.2 Å². The molecule has 0 unspecified atom stereocenters. The summed E-state index contributed by atoms with van der Waals surface area (Å²) in [5.74, 6) is 0.338. The number of rotatable bonds is 5. The Morgan fingerprint density at radius 2 is 1.79 bits per heavy atom. The lowest BCUT2D eigenvalue weighted by molar-refractivity contribution is -0.135. The van der Waals surface area contributed by atoms with Gasteiger partial charge in [0.15, 0.2) is 0 Å². The summed E-state index contributed by atoms with van der Waals surface area (Å²) in [5.41, 5.74) is 3.49. The second kappa shape index (κ2) is 9.00. The summed E-state index contributed by atoms with van der Waals surface area (Å²) in [6, 6.07) is 13.6. The molecule has 3 rings (SSSR count). The Balaban J connectivity index is 1.71. The SMILES string of the molecule is Cc1ccc(C(=O)NCc2ccccc2)c(C2CCN(C(=O)C(C)C)CC2)n1. The molecule has 1 N–H and O–H groups in total. The minimum atomic E-state index is -0.0907. The Hall–Kier alpha value is -2.69. The van der Waals surface area contributed by atoms with E-state index in [4.69, 9.17) is 4.98 Å². The standard InChI is InChI=1S/C23H29N3O2/c1-16(2)23(28)26-13-11-19(12-14-26)21-20(10-9-17(3)25-21)22(27)24-15-18-7-5-4-6-8-18/h4-10,16,19H,11-15H2,1-3H3,(H,24,27). The lowest BCUT2D eigenvalue weighted by atomic mass is 9.89. The summed E-state index contributed by atoms with van der Waals surface area (Å²) >= 11 is 0. The van der Waals surface area contributed by atoms with Crippen LogP contribution in [0.1, 0.15) is 59.9 Å². The average Bonchev–Trinajstić information content (AvgIpc) is 2.72. The molecule has 2 amide bonds. The van der Waals surface area contributed by atoms with Crippen molar-refractivity contribution in [3.05, 3.63) is 65.0 Å². The van der Waals surface area contributed by atoms with Crippen molar-refractivity contribution < 1.29 is 9.59 Å². The third-order valence-corrected chi connectivity index (χ3v) is 5.29. The first-order chi connectivity index (χ1) is 13.5. The third-order valence-electron chi connectivity index (χ3n) is 5.29. The topological polar surface area (TPSA) is 62.3 Å². The molecule has 28 heavy (non-hydrogen) atoms. The predicted molar refractivity (Wildman–Crippen MR) is 110 cm³/mol. The molecule has 2 aromatic rings. The molecule has 0 bridgehead atoms. The highest BCUT2D eigenvalue weighted by Gasteiger charge is 2.28. The van der Waals surface area contributed by atoms with Crippen molar-refractivity contribution >= 4 is 11.8 Å². The van der Waals surface area contributed by atoms with Crippen LogP contribution in [0.3, 0.4) is 0 Å². The van der Waals surface area contributed by atoms with E-state index in [2.05, 4.69) is 5.32 Å². The zero-order chi connectivity index (χ0) is 20.1. The number of carbonyl (C=O) groups excluding carboxylic acids is 2. The van der Waals surface area contributed by atoms with Crippen LogP contribution < -0.4 is 5.32 Å². The Bertz CT molecular complexity index is 825. The van der Waals surface area contributed by atoms with Crippen LogP contribution in [0.5, 0.6) is 0 Å². The number of piperidine rings is 1. The van der Waals surface area contributed by atoms with Crippen molar-refractivity contribution in [2.75, 3.05) is 13.1 Å². The van der Waals surface area contributed by atoms with E-state index in [0.717, 1.165) is 42.9 Å². The fourth-order valence-electron chi connectivity index (χ4n) is 3.69. The molecule has 1 aromatic heterocycles. The Morgan fingerprint density at radius 1 is 1.11 bits per heavy atom. The molecule has 1 aromatic carbocycles. The van der Waals surface area contributed by atoms with Crippen LogP contribution in [-0.2, 0) is 11.3 Å². The van der Waals surface area contributed by atoms with Gasteiger partial charge in [-0.25, -0.2) is 0 Å². The lowest BCUT2D eigenvalue weighted by Crippen LogP contribution is -2.40. The monoisotopic (exact) mass is 379 g/mol. The zero-order valence-electron chi connectivity index (χ0n) is 16.9. The van der Waals surface area contributed by atoms with Crippen LogP contribution in [0, 0.1) is 12.8 Å². The number of nitrogens with zero attached hydrogens (tertiary/aromatic N) is 2. The van der Waals surface area contributed by atoms with Gasteiger partial charge in [0.05, 0.1) is 11.3 Å². The van der Waals surface area contributed by atoms with Crippen molar-refractivity contribution in [3.8, 4) is 0 Å². The number of aryl methyl sites for hydroxylation is 1. The number of nitrogens with one attached hydrogen (secondary N) is 1. The Kier molecular flexibility index (Phi) is 6.45. The summed E-state index contributed by atoms with van der Waals surface area (Å²) < 4.78 is 0. The molecule has 1 aliphatic heterocycles. The number of likely N-dealkylation sites (tertiary alicyclic amines) is 1. The maximum absolute atomic E-state index is 12.8. The Labute approximate surface area is 167 Å². The highest BCUT2D eigenvalue weighted by Crippen LogP contribution is 2.30. The zero-order valence-corrected chi connectivity index (χ0v) is 16.9. The van der Waals surface area contributed by atoms with E-state index >= 15 is 0 Å². The first-order valence-electron chi connectivity index (χ1n) is 10.0. The molecular weight excluding hydrogens is 350 g/mol. The second-order valence-electron chi connectivity index (χ2n) is 7.81. The highest BCUT2D eigenvalue weighted by atomic mass is 16.2. The van der Waals surface area contributed by atoms with E-state index in [0.29, 0.717) is 12.1 Å². The van der Waals surface area contributed by atoms with Gasteiger partial charge in [-0.05, 0) is 37.5 Å². The fourth-order valence-corrected chi connectivity index (χ4v) is 3.69. The fraction of sp³-hybridized carbons (Fsp3) is 0.435. The van der Waals surface area contributed by atoms with E-state index in [1.54, 1.807) is 0 Å². The molecule has 148 valence electrons. The maximum Gasteiger partial charge on any atom is 0.253 e. The van der Waals surface area contributed by atoms with Crippen LogP contribution in [-0.4, -0.2) is 34.8 Å². The van der Waals surface area contributed by atoms with E-state index in [1.165, 1.54) is 0 Å². The van der Waals surface area contributed by atoms with E-state index in [9.17, 15) is 9.59 Å². The average molecular weight is 380 g/mol. The predicted octanol–water partition coefficient (Wildman–Crippen LogP) is 3.68. The molecule has 0 saturated carbocycles. The first kappa shape index (κ1) is 20.1. The van der Waals surface area contributed by atoms with Gasteiger partial charge in [0.25, 0.3) is 5.91 Å². The summed E-state index contributed by atoms with van der Waals surface area (Å²) in [6.45, 7) is 7.77.